The van der Waals surface area contributed by atoms with E-state index < -0.39 is 0 Å². The standard InChI is InChI=1S/C15H20FN3/c1-11-10-19(2)6-5-15(11)18-9-13-4-3-12(8-17)7-14(13)16/h3-4,7,11,15,18H,5-6,9-10H2,1-2H3. The first-order valence-corrected chi connectivity index (χ1v) is 6.70. The van der Waals surface area contributed by atoms with Crippen LogP contribution < -0.4 is 5.32 Å². The molecule has 3 nitrogen and oxygen atoms in total. The highest BCUT2D eigenvalue weighted by Gasteiger charge is 2.23. The number of rotatable bonds is 3. The van der Waals surface area contributed by atoms with E-state index in [1.807, 2.05) is 6.07 Å². The molecule has 0 bridgehead atoms. The minimum absolute atomic E-state index is 0.299. The van der Waals surface area contributed by atoms with Gasteiger partial charge in [-0.15, -0.1) is 0 Å². The summed E-state index contributed by atoms with van der Waals surface area (Å²) in [5.74, 6) is 0.271. The fourth-order valence-corrected chi connectivity index (χ4v) is 2.66. The molecular formula is C15H20FN3. The zero-order valence-corrected chi connectivity index (χ0v) is 11.5. The van der Waals surface area contributed by atoms with E-state index in [-0.39, 0.29) is 5.82 Å². The molecular weight excluding hydrogens is 241 g/mol. The van der Waals surface area contributed by atoms with Gasteiger partial charge in [-0.25, -0.2) is 4.39 Å². The van der Waals surface area contributed by atoms with Crippen LogP contribution in [0.2, 0.25) is 0 Å². The van der Waals surface area contributed by atoms with E-state index in [9.17, 15) is 4.39 Å². The van der Waals surface area contributed by atoms with Crippen molar-refractivity contribution in [3.8, 4) is 6.07 Å². The van der Waals surface area contributed by atoms with Gasteiger partial charge in [0.25, 0.3) is 0 Å². The number of halogens is 1. The van der Waals surface area contributed by atoms with Gasteiger partial charge in [0.1, 0.15) is 5.82 Å². The molecule has 1 saturated heterocycles. The molecule has 1 aliphatic heterocycles. The molecule has 1 aromatic carbocycles. The Morgan fingerprint density at radius 3 is 2.95 bits per heavy atom. The predicted molar refractivity (Wildman–Crippen MR) is 73.0 cm³/mol. The number of hydrogen-bond acceptors (Lipinski definition) is 3. The highest BCUT2D eigenvalue weighted by atomic mass is 19.1. The van der Waals surface area contributed by atoms with Crippen molar-refractivity contribution >= 4 is 0 Å². The van der Waals surface area contributed by atoms with Crippen molar-refractivity contribution in [1.82, 2.24) is 10.2 Å². The lowest BCUT2D eigenvalue weighted by Gasteiger charge is -2.35. The lowest BCUT2D eigenvalue weighted by atomic mass is 9.94. The Labute approximate surface area is 114 Å². The van der Waals surface area contributed by atoms with Crippen LogP contribution >= 0.6 is 0 Å². The summed E-state index contributed by atoms with van der Waals surface area (Å²) in [4.78, 5) is 2.32. The lowest BCUT2D eigenvalue weighted by Crippen LogP contribution is -2.46. The molecule has 0 amide bonds. The number of benzene rings is 1. The van der Waals surface area contributed by atoms with Crippen molar-refractivity contribution in [1.29, 1.82) is 5.26 Å². The average Bonchev–Trinajstić information content (AvgIpc) is 2.39. The van der Waals surface area contributed by atoms with E-state index in [0.29, 0.717) is 29.6 Å². The molecule has 1 aliphatic rings. The van der Waals surface area contributed by atoms with Crippen LogP contribution in [0.25, 0.3) is 0 Å². The molecule has 1 heterocycles. The van der Waals surface area contributed by atoms with Crippen LogP contribution in [0.4, 0.5) is 4.39 Å². The summed E-state index contributed by atoms with van der Waals surface area (Å²) < 4.78 is 13.8. The first-order chi connectivity index (χ1) is 9.10. The average molecular weight is 261 g/mol. The van der Waals surface area contributed by atoms with Crippen LogP contribution in [0.3, 0.4) is 0 Å². The van der Waals surface area contributed by atoms with Crippen molar-refractivity contribution in [2.45, 2.75) is 25.9 Å². The van der Waals surface area contributed by atoms with E-state index in [2.05, 4.69) is 24.2 Å². The number of nitrogens with one attached hydrogen (secondary N) is 1. The first kappa shape index (κ1) is 14.0. The van der Waals surface area contributed by atoms with Crippen LogP contribution in [0.1, 0.15) is 24.5 Å². The van der Waals surface area contributed by atoms with Crippen LogP contribution in [0.15, 0.2) is 18.2 Å². The maximum Gasteiger partial charge on any atom is 0.129 e. The summed E-state index contributed by atoms with van der Waals surface area (Å²) in [7, 11) is 2.13. The van der Waals surface area contributed by atoms with Crippen molar-refractivity contribution < 1.29 is 4.39 Å². The molecule has 0 saturated carbocycles. The molecule has 2 unspecified atom stereocenters. The number of hydrogen-bond donors (Lipinski definition) is 1. The second kappa shape index (κ2) is 6.14. The van der Waals surface area contributed by atoms with E-state index >= 15 is 0 Å². The Hall–Kier alpha value is -1.44. The van der Waals surface area contributed by atoms with Gasteiger partial charge in [0.15, 0.2) is 0 Å². The molecule has 102 valence electrons. The van der Waals surface area contributed by atoms with Gasteiger partial charge in [-0.2, -0.15) is 5.26 Å². The van der Waals surface area contributed by atoms with Crippen molar-refractivity contribution in [2.75, 3.05) is 20.1 Å². The Balaban J connectivity index is 1.94. The topological polar surface area (TPSA) is 39.1 Å². The van der Waals surface area contributed by atoms with Crippen molar-refractivity contribution in [2.24, 2.45) is 5.92 Å². The third-order valence-electron chi connectivity index (χ3n) is 3.85. The van der Waals surface area contributed by atoms with E-state index in [1.54, 1.807) is 12.1 Å². The largest absolute Gasteiger partial charge is 0.309 e. The SMILES string of the molecule is CC1CN(C)CCC1NCc1ccc(C#N)cc1F. The molecule has 1 fully saturated rings. The number of nitriles is 1. The van der Waals surface area contributed by atoms with Gasteiger partial charge in [0.2, 0.25) is 0 Å². The fourth-order valence-electron chi connectivity index (χ4n) is 2.66. The summed E-state index contributed by atoms with van der Waals surface area (Å²) in [6.45, 7) is 4.91. The molecule has 19 heavy (non-hydrogen) atoms. The quantitative estimate of drug-likeness (QED) is 0.906. The Kier molecular flexibility index (Phi) is 4.52. The van der Waals surface area contributed by atoms with Crippen molar-refractivity contribution in [3.05, 3.63) is 35.1 Å². The van der Waals surface area contributed by atoms with Crippen molar-refractivity contribution in [3.63, 3.8) is 0 Å². The summed E-state index contributed by atoms with van der Waals surface area (Å²) in [5, 5.41) is 12.1. The van der Waals surface area contributed by atoms with Crippen LogP contribution in [-0.4, -0.2) is 31.1 Å². The predicted octanol–water partition coefficient (Wildman–Crippen LogP) is 2.13. The normalized spacial score (nSPS) is 24.1. The zero-order chi connectivity index (χ0) is 13.8. The van der Waals surface area contributed by atoms with Crippen LogP contribution in [0.5, 0.6) is 0 Å². The Bertz CT molecular complexity index is 481. The molecule has 0 aromatic heterocycles. The van der Waals surface area contributed by atoms with E-state index in [0.717, 1.165) is 19.5 Å². The van der Waals surface area contributed by atoms with Crippen LogP contribution in [-0.2, 0) is 6.54 Å². The molecule has 1 N–H and O–H groups in total. The van der Waals surface area contributed by atoms with E-state index in [1.165, 1.54) is 6.07 Å². The van der Waals surface area contributed by atoms with Gasteiger partial charge in [0.05, 0.1) is 11.6 Å². The molecule has 1 aromatic rings. The van der Waals surface area contributed by atoms with Crippen LogP contribution in [0, 0.1) is 23.1 Å². The maximum atomic E-state index is 13.8. The number of piperidine rings is 1. The van der Waals surface area contributed by atoms with Gasteiger partial charge in [0, 0.05) is 24.7 Å². The summed E-state index contributed by atoms with van der Waals surface area (Å²) in [6.07, 6.45) is 1.09. The first-order valence-electron chi connectivity index (χ1n) is 6.70. The van der Waals surface area contributed by atoms with Gasteiger partial charge in [-0.1, -0.05) is 13.0 Å². The van der Waals surface area contributed by atoms with Gasteiger partial charge >= 0.3 is 0 Å². The number of likely N-dealkylation sites (tertiary alicyclic amines) is 1. The highest BCUT2D eigenvalue weighted by Crippen LogP contribution is 2.17. The maximum absolute atomic E-state index is 13.8. The highest BCUT2D eigenvalue weighted by molar-refractivity contribution is 5.32. The molecule has 0 spiro atoms. The Morgan fingerprint density at radius 1 is 1.53 bits per heavy atom. The summed E-state index contributed by atoms with van der Waals surface area (Å²) >= 11 is 0. The molecule has 2 atom stereocenters. The summed E-state index contributed by atoms with van der Waals surface area (Å²) in [6, 6.07) is 7.04. The fraction of sp³-hybridized carbons (Fsp3) is 0.533. The smallest absolute Gasteiger partial charge is 0.129 e. The summed E-state index contributed by atoms with van der Waals surface area (Å²) in [5.41, 5.74) is 0.999. The third kappa shape index (κ3) is 3.52. The molecule has 2 rings (SSSR count). The zero-order valence-electron chi connectivity index (χ0n) is 11.5. The second-order valence-corrected chi connectivity index (χ2v) is 5.43. The van der Waals surface area contributed by atoms with Gasteiger partial charge in [-0.05, 0) is 38.1 Å². The molecule has 0 radical (unpaired) electrons. The second-order valence-electron chi connectivity index (χ2n) is 5.43. The molecule has 0 aliphatic carbocycles. The number of nitrogens with zero attached hydrogens (tertiary/aromatic N) is 2. The van der Waals surface area contributed by atoms with Gasteiger partial charge < -0.3 is 10.2 Å². The lowest BCUT2D eigenvalue weighted by molar-refractivity contribution is 0.174. The molecule has 4 heteroatoms. The minimum Gasteiger partial charge on any atom is -0.309 e. The van der Waals surface area contributed by atoms with E-state index in [4.69, 9.17) is 5.26 Å². The van der Waals surface area contributed by atoms with Gasteiger partial charge in [-0.3, -0.25) is 0 Å². The Morgan fingerprint density at radius 2 is 2.32 bits per heavy atom. The monoisotopic (exact) mass is 261 g/mol. The minimum atomic E-state index is -0.299. The third-order valence-corrected chi connectivity index (χ3v) is 3.85.